The fourth-order valence-electron chi connectivity index (χ4n) is 13.3. The Kier molecular flexibility index (Phi) is 37.6. The largest absolute Gasteiger partial charge is 0.756 e. The lowest BCUT2D eigenvalue weighted by Gasteiger charge is -2.41. The number of nitrogens with two attached hydrogens (primary N) is 1. The van der Waals surface area contributed by atoms with E-state index in [1.54, 1.807) is 91.6 Å². The Morgan fingerprint density at radius 3 is 2.00 bits per heavy atom. The molecular weight excluding hydrogens is 1530 g/mol. The summed E-state index contributed by atoms with van der Waals surface area (Å²) < 4.78 is 66.0. The first-order chi connectivity index (χ1) is 53.9. The smallest absolute Gasteiger partial charge is 0.410 e. The van der Waals surface area contributed by atoms with Crippen LogP contribution in [0.4, 0.5) is 15.3 Å². The molecule has 39 heteroatoms. The summed E-state index contributed by atoms with van der Waals surface area (Å²) in [6, 6.07) is 7.97. The van der Waals surface area contributed by atoms with Crippen LogP contribution in [-0.2, 0) is 90.9 Å². The van der Waals surface area contributed by atoms with Gasteiger partial charge in [-0.05, 0) is 79.5 Å². The third-order valence-corrected chi connectivity index (χ3v) is 21.8. The second-order valence-electron chi connectivity index (χ2n) is 31.1. The Bertz CT molecular complexity index is 4040. The molecule has 2 aromatic heterocycles. The number of carbonyl (C=O) groups excluding carboxylic acids is 10. The van der Waals surface area contributed by atoms with E-state index in [0.29, 0.717) is 48.0 Å². The standard InChI is InChI=1S/C76H120N17O20PS/c1-19-49(8)65(59(109-16)39-61(95)92-34-24-28-58(92)67(110-17)50(9)68(97)81-51(10)66(96)53-25-21-20-22-26-53)88(11)73(102)63(47(4)5)85-71(100)64(48(6)7)89(12)76(104)111-45-52-29-31-55(32-30-52)82-69(98)57(27-23-33-78-74(77)103)83-70(99)62(46(2)3)84-60(94)44-91-43-56(86-87-91)42-90(35-37-112-114(105,106)113-38-36-93(13,14)15)72(101)54-40-79-75(80-41-54)115(18,107)108/h20-22,25-26,29-32,40-41,43,46-51,57-59,62-67,96H,19,23-24,27-28,33-39,42,44-45H2,1-18H3,(H8-,77,78,81,82,83,84,85,94,97,98,99,100,103,105,106)/t49-,50+,51+,57-,58-,59+,62-,63-,64-,65-,66+,67+/m0/s1. The van der Waals surface area contributed by atoms with E-state index in [2.05, 4.69) is 52.2 Å². The first-order valence-electron chi connectivity index (χ1n) is 38.4. The van der Waals surface area contributed by atoms with Crippen molar-refractivity contribution in [3.8, 4) is 0 Å². The number of phosphoric acid groups is 1. The molecule has 3 heterocycles. The summed E-state index contributed by atoms with van der Waals surface area (Å²) in [5.41, 5.74) is 6.62. The van der Waals surface area contributed by atoms with Crippen LogP contribution in [0, 0.1) is 29.6 Å². The SMILES string of the molecule is CC[C@H](C)[C@@H]([C@@H](CC(=O)N1CCC[C@H]1[C@H](OC)[C@@H](C)C(=O)N[C@H](C)[C@@H](O)c1ccccc1)OC)N(C)C(=O)[C@@H](NC(=O)[C@H](C(C)C)N(C)C(=O)OCc1ccc(NC(=O)[C@H](CCCNC(N)=O)NC(=O)[C@@H](NC(=O)Cn2cc(CN(CCOP(=O)([O-])OCC[N+](C)(C)C)C(=O)c3cnc(S(C)(=O)=O)nc3)nn2)C(C)C)cc1)C(C)C. The number of amides is 11. The summed E-state index contributed by atoms with van der Waals surface area (Å²) in [4.78, 5) is 164. The number of hydrogen-bond donors (Lipinski definition) is 8. The molecule has 1 fully saturated rings. The van der Waals surface area contributed by atoms with Crippen molar-refractivity contribution >= 4 is 82.7 Å². The molecule has 11 amide bonds. The topological polar surface area (TPSA) is 479 Å². The number of likely N-dealkylation sites (N-methyl/N-ethyl adjacent to an activating group) is 3. The van der Waals surface area contributed by atoms with E-state index >= 15 is 0 Å². The van der Waals surface area contributed by atoms with E-state index in [1.807, 2.05) is 53.2 Å². The molecule has 0 bridgehead atoms. The molecule has 0 saturated carbocycles. The average Bonchev–Trinajstić information content (AvgIpc) is 1.79. The van der Waals surface area contributed by atoms with Crippen LogP contribution in [0.25, 0.3) is 0 Å². The van der Waals surface area contributed by atoms with Gasteiger partial charge in [-0.25, -0.2) is 32.7 Å². The summed E-state index contributed by atoms with van der Waals surface area (Å²) in [5.74, 6) is -7.01. The number of quaternary nitrogens is 1. The zero-order valence-electron chi connectivity index (χ0n) is 69.3. The van der Waals surface area contributed by atoms with Gasteiger partial charge in [-0.3, -0.25) is 47.8 Å². The Morgan fingerprint density at radius 2 is 1.43 bits per heavy atom. The summed E-state index contributed by atoms with van der Waals surface area (Å²) in [6.07, 6.45) is 2.73. The zero-order chi connectivity index (χ0) is 86.0. The molecule has 1 aliphatic rings. The lowest BCUT2D eigenvalue weighted by molar-refractivity contribution is -0.870. The molecule has 0 spiro atoms. The fraction of sp³-hybridized carbons (Fsp3) is 0.632. The minimum atomic E-state index is -4.83. The maximum absolute atomic E-state index is 14.9. The highest BCUT2D eigenvalue weighted by atomic mass is 32.2. The number of likely N-dealkylation sites (tertiary alicyclic amines) is 1. The van der Waals surface area contributed by atoms with Crippen LogP contribution in [0.2, 0.25) is 0 Å². The number of ether oxygens (including phenoxy) is 3. The number of carbonyl (C=O) groups is 10. The van der Waals surface area contributed by atoms with Gasteiger partial charge in [0, 0.05) is 72.3 Å². The number of methoxy groups -OCH3 is 2. The molecule has 640 valence electrons. The van der Waals surface area contributed by atoms with Gasteiger partial charge in [0.25, 0.3) is 13.7 Å². The van der Waals surface area contributed by atoms with Crippen molar-refractivity contribution in [3.63, 3.8) is 0 Å². The number of nitrogens with zero attached hydrogens (tertiary/aromatic N) is 10. The summed E-state index contributed by atoms with van der Waals surface area (Å²) >= 11 is 0. The van der Waals surface area contributed by atoms with E-state index in [4.69, 9.17) is 29.0 Å². The van der Waals surface area contributed by atoms with Crippen LogP contribution in [0.1, 0.15) is 141 Å². The molecule has 9 N–H and O–H groups in total. The molecule has 4 aromatic rings. The highest BCUT2D eigenvalue weighted by Crippen LogP contribution is 2.38. The number of benzene rings is 2. The summed E-state index contributed by atoms with van der Waals surface area (Å²) in [6.45, 7) is 16.3. The van der Waals surface area contributed by atoms with E-state index < -0.39 is 168 Å². The maximum atomic E-state index is 14.9. The number of primary amides is 1. The number of phosphoric ester groups is 1. The van der Waals surface area contributed by atoms with Gasteiger partial charge in [0.2, 0.25) is 56.3 Å². The van der Waals surface area contributed by atoms with E-state index in [1.165, 1.54) is 44.5 Å². The third kappa shape index (κ3) is 29.8. The quantitative estimate of drug-likeness (QED) is 0.0136. The van der Waals surface area contributed by atoms with Gasteiger partial charge in [-0.15, -0.1) is 5.10 Å². The molecule has 0 aliphatic carbocycles. The van der Waals surface area contributed by atoms with E-state index in [0.717, 1.165) is 33.1 Å². The van der Waals surface area contributed by atoms with Gasteiger partial charge < -0.3 is 90.1 Å². The molecule has 1 saturated heterocycles. The Morgan fingerprint density at radius 1 is 0.791 bits per heavy atom. The molecule has 2 aromatic carbocycles. The van der Waals surface area contributed by atoms with Crippen molar-refractivity contribution in [2.45, 2.75) is 193 Å². The number of aromatic nitrogens is 5. The van der Waals surface area contributed by atoms with Gasteiger partial charge in [-0.2, -0.15) is 0 Å². The number of anilines is 1. The highest BCUT2D eigenvalue weighted by Gasteiger charge is 2.44. The minimum Gasteiger partial charge on any atom is -0.756 e. The van der Waals surface area contributed by atoms with Gasteiger partial charge >= 0.3 is 12.1 Å². The van der Waals surface area contributed by atoms with Crippen LogP contribution < -0.4 is 42.5 Å². The second-order valence-corrected chi connectivity index (χ2v) is 34.4. The predicted octanol–water partition coefficient (Wildman–Crippen LogP) is 2.93. The lowest BCUT2D eigenvalue weighted by Crippen LogP contribution is -2.60. The molecule has 13 atom stereocenters. The molecule has 37 nitrogen and oxygen atoms in total. The number of hydrogen-bond acceptors (Lipinski definition) is 24. The van der Waals surface area contributed by atoms with Gasteiger partial charge in [0.1, 0.15) is 56.2 Å². The van der Waals surface area contributed by atoms with E-state index in [-0.39, 0.29) is 86.8 Å². The van der Waals surface area contributed by atoms with Crippen molar-refractivity contribution in [1.82, 2.24) is 71.1 Å². The molecule has 1 aliphatic heterocycles. The average molecular weight is 1650 g/mol. The molecule has 115 heavy (non-hydrogen) atoms. The predicted molar refractivity (Wildman–Crippen MR) is 421 cm³/mol. The van der Waals surface area contributed by atoms with Crippen molar-refractivity contribution < 1.29 is 98.7 Å². The zero-order valence-corrected chi connectivity index (χ0v) is 71.0. The van der Waals surface area contributed by atoms with Crippen LogP contribution in [0.15, 0.2) is 78.3 Å². The monoisotopic (exact) mass is 1650 g/mol. The first-order valence-corrected chi connectivity index (χ1v) is 41.8. The normalized spacial score (nSPS) is 16.6. The van der Waals surface area contributed by atoms with E-state index in [9.17, 15) is 70.9 Å². The Balaban J connectivity index is 1.20. The number of aliphatic hydroxyl groups excluding tert-OH is 1. The second kappa shape index (κ2) is 44.8. The number of rotatable bonds is 46. The van der Waals surface area contributed by atoms with Crippen molar-refractivity contribution in [1.29, 1.82) is 0 Å². The molecule has 0 radical (unpaired) electrons. The van der Waals surface area contributed by atoms with Gasteiger partial charge in [0.05, 0.1) is 94.8 Å². The van der Waals surface area contributed by atoms with Crippen LogP contribution >= 0.6 is 7.82 Å². The Hall–Kier alpha value is -9.14. The Labute approximate surface area is 674 Å². The molecule has 1 unspecified atom stereocenters. The van der Waals surface area contributed by atoms with Crippen molar-refractivity contribution in [3.05, 3.63) is 95.6 Å². The number of urea groups is 1. The summed E-state index contributed by atoms with van der Waals surface area (Å²) in [5, 5.41) is 35.0. The lowest BCUT2D eigenvalue weighted by atomic mass is 9.89. The molecular formula is C76H120N17O20PS. The van der Waals surface area contributed by atoms with Gasteiger partial charge in [0.15, 0.2) is 0 Å². The number of aliphatic hydroxyl groups is 1. The number of sulfone groups is 1. The van der Waals surface area contributed by atoms with Crippen LogP contribution in [-0.4, -0.2) is 272 Å². The fourth-order valence-corrected chi connectivity index (χ4v) is 14.4. The van der Waals surface area contributed by atoms with Crippen LogP contribution in [0.5, 0.6) is 0 Å². The van der Waals surface area contributed by atoms with Crippen molar-refractivity contribution in [2.75, 3.05) is 100 Å². The maximum Gasteiger partial charge on any atom is 0.410 e. The van der Waals surface area contributed by atoms with Crippen molar-refractivity contribution in [2.24, 2.45) is 35.3 Å². The summed E-state index contributed by atoms with van der Waals surface area (Å²) in [7, 11) is 2.86. The van der Waals surface area contributed by atoms with Gasteiger partial charge in [-0.1, -0.05) is 116 Å². The molecule has 5 rings (SSSR count). The first kappa shape index (κ1) is 96.4. The van der Waals surface area contributed by atoms with Crippen LogP contribution in [0.3, 0.4) is 0 Å². The number of nitrogens with one attached hydrogen (secondary N) is 6. The highest BCUT2D eigenvalue weighted by molar-refractivity contribution is 7.90. The minimum absolute atomic E-state index is 0.0174. The third-order valence-electron chi connectivity index (χ3n) is 19.9.